The Morgan fingerprint density at radius 1 is 1.33 bits per heavy atom. The minimum atomic E-state index is -0.184. The lowest BCUT2D eigenvalue weighted by atomic mass is 9.96. The van der Waals surface area contributed by atoms with Crippen LogP contribution in [0.15, 0.2) is 47.4 Å². The summed E-state index contributed by atoms with van der Waals surface area (Å²) in [6, 6.07) is 13.6. The van der Waals surface area contributed by atoms with E-state index < -0.39 is 0 Å². The highest BCUT2D eigenvalue weighted by molar-refractivity contribution is 8.00. The van der Waals surface area contributed by atoms with Gasteiger partial charge in [-0.25, -0.2) is 4.39 Å². The van der Waals surface area contributed by atoms with Crippen LogP contribution in [0.1, 0.15) is 16.7 Å². The van der Waals surface area contributed by atoms with Gasteiger partial charge in [0.1, 0.15) is 5.82 Å². The molecule has 21 heavy (non-hydrogen) atoms. The Bertz CT molecular complexity index is 619. The number of fused-ring (bicyclic) bond motifs is 1. The number of rotatable bonds is 4. The molecule has 1 heterocycles. The Kier molecular flexibility index (Phi) is 4.29. The van der Waals surface area contributed by atoms with Crippen molar-refractivity contribution in [2.45, 2.75) is 36.0 Å². The summed E-state index contributed by atoms with van der Waals surface area (Å²) in [6.07, 6.45) is 1.84. The average Bonchev–Trinajstić information content (AvgIpc) is 2.90. The maximum Gasteiger partial charge on any atom is 0.123 e. The SMILES string of the molecule is Cc1cc(F)ccc1CC(NN)C1Cc2ccccc2S1. The maximum atomic E-state index is 13.2. The molecule has 0 saturated heterocycles. The maximum absolute atomic E-state index is 13.2. The summed E-state index contributed by atoms with van der Waals surface area (Å²) in [7, 11) is 0. The van der Waals surface area contributed by atoms with Gasteiger partial charge in [0.05, 0.1) is 0 Å². The Hall–Kier alpha value is -1.36. The zero-order valence-electron chi connectivity index (χ0n) is 12.0. The molecular formula is C17H19FN2S. The molecule has 1 aliphatic rings. The molecule has 2 aromatic rings. The fourth-order valence-electron chi connectivity index (χ4n) is 2.86. The van der Waals surface area contributed by atoms with Crippen LogP contribution in [0, 0.1) is 12.7 Å². The third kappa shape index (κ3) is 3.12. The number of hydrogen-bond acceptors (Lipinski definition) is 3. The van der Waals surface area contributed by atoms with Gasteiger partial charge in [-0.1, -0.05) is 24.3 Å². The van der Waals surface area contributed by atoms with Gasteiger partial charge in [0.2, 0.25) is 0 Å². The van der Waals surface area contributed by atoms with Crippen LogP contribution in [0.2, 0.25) is 0 Å². The van der Waals surface area contributed by atoms with E-state index in [0.717, 1.165) is 24.0 Å². The summed E-state index contributed by atoms with van der Waals surface area (Å²) >= 11 is 1.88. The highest BCUT2D eigenvalue weighted by Gasteiger charge is 2.29. The molecule has 2 atom stereocenters. The molecule has 0 saturated carbocycles. The molecule has 2 unspecified atom stereocenters. The predicted octanol–water partition coefficient (Wildman–Crippen LogP) is 3.23. The van der Waals surface area contributed by atoms with Crippen molar-refractivity contribution in [2.24, 2.45) is 5.84 Å². The van der Waals surface area contributed by atoms with E-state index in [1.807, 2.05) is 24.8 Å². The van der Waals surface area contributed by atoms with Crippen LogP contribution in [0.4, 0.5) is 4.39 Å². The highest BCUT2D eigenvalue weighted by atomic mass is 32.2. The topological polar surface area (TPSA) is 38.0 Å². The van der Waals surface area contributed by atoms with Crippen LogP contribution in [-0.2, 0) is 12.8 Å². The molecule has 2 aromatic carbocycles. The van der Waals surface area contributed by atoms with E-state index in [0.29, 0.717) is 5.25 Å². The number of aryl methyl sites for hydroxylation is 1. The van der Waals surface area contributed by atoms with Crippen LogP contribution in [0.5, 0.6) is 0 Å². The van der Waals surface area contributed by atoms with Crippen LogP contribution in [0.3, 0.4) is 0 Å². The van der Waals surface area contributed by atoms with Crippen molar-refractivity contribution >= 4 is 11.8 Å². The molecule has 0 amide bonds. The number of hydrazine groups is 1. The lowest BCUT2D eigenvalue weighted by Crippen LogP contribution is -2.44. The largest absolute Gasteiger partial charge is 0.271 e. The Labute approximate surface area is 128 Å². The molecule has 110 valence electrons. The number of hydrogen-bond donors (Lipinski definition) is 2. The second-order valence-electron chi connectivity index (χ2n) is 5.52. The average molecular weight is 302 g/mol. The first-order valence-electron chi connectivity index (χ1n) is 7.13. The molecule has 3 N–H and O–H groups in total. The van der Waals surface area contributed by atoms with Crippen molar-refractivity contribution in [3.63, 3.8) is 0 Å². The first-order valence-corrected chi connectivity index (χ1v) is 8.01. The lowest BCUT2D eigenvalue weighted by molar-refractivity contribution is 0.505. The second kappa shape index (κ2) is 6.18. The van der Waals surface area contributed by atoms with Gasteiger partial charge in [-0.15, -0.1) is 11.8 Å². The molecule has 0 aromatic heterocycles. The van der Waals surface area contributed by atoms with Crippen molar-refractivity contribution < 1.29 is 4.39 Å². The second-order valence-corrected chi connectivity index (χ2v) is 6.80. The van der Waals surface area contributed by atoms with Crippen molar-refractivity contribution in [3.05, 3.63) is 65.0 Å². The van der Waals surface area contributed by atoms with E-state index >= 15 is 0 Å². The quantitative estimate of drug-likeness (QED) is 0.673. The predicted molar refractivity (Wildman–Crippen MR) is 85.7 cm³/mol. The molecule has 0 aliphatic carbocycles. The summed E-state index contributed by atoms with van der Waals surface area (Å²) in [6.45, 7) is 1.95. The third-order valence-corrected chi connectivity index (χ3v) is 5.53. The molecule has 0 radical (unpaired) electrons. The normalized spacial score (nSPS) is 18.5. The summed E-state index contributed by atoms with van der Waals surface area (Å²) in [5.41, 5.74) is 6.48. The first kappa shape index (κ1) is 14.6. The fraction of sp³-hybridized carbons (Fsp3) is 0.294. The van der Waals surface area contributed by atoms with E-state index in [2.05, 4.69) is 29.7 Å². The molecule has 0 bridgehead atoms. The third-order valence-electron chi connectivity index (χ3n) is 4.08. The zero-order valence-corrected chi connectivity index (χ0v) is 12.8. The van der Waals surface area contributed by atoms with E-state index in [1.165, 1.54) is 16.5 Å². The van der Waals surface area contributed by atoms with Gasteiger partial charge in [-0.2, -0.15) is 0 Å². The Morgan fingerprint density at radius 2 is 2.14 bits per heavy atom. The molecule has 0 fully saturated rings. The number of nitrogens with one attached hydrogen (secondary N) is 1. The first-order chi connectivity index (χ1) is 10.2. The standard InChI is InChI=1S/C17H19FN2S/c1-11-8-14(18)7-6-12(11)9-15(20-19)17-10-13-4-2-3-5-16(13)21-17/h2-8,15,17,20H,9-10,19H2,1H3. The molecule has 0 spiro atoms. The van der Waals surface area contributed by atoms with E-state index in [1.54, 1.807) is 6.07 Å². The van der Waals surface area contributed by atoms with E-state index in [4.69, 9.17) is 5.84 Å². The number of nitrogens with two attached hydrogens (primary N) is 1. The monoisotopic (exact) mass is 302 g/mol. The Morgan fingerprint density at radius 3 is 2.86 bits per heavy atom. The van der Waals surface area contributed by atoms with Gasteiger partial charge in [-0.3, -0.25) is 11.3 Å². The van der Waals surface area contributed by atoms with Gasteiger partial charge in [0.25, 0.3) is 0 Å². The zero-order chi connectivity index (χ0) is 14.8. The van der Waals surface area contributed by atoms with E-state index in [9.17, 15) is 4.39 Å². The van der Waals surface area contributed by atoms with Crippen molar-refractivity contribution in [2.75, 3.05) is 0 Å². The van der Waals surface area contributed by atoms with Crippen LogP contribution in [0.25, 0.3) is 0 Å². The lowest BCUT2D eigenvalue weighted by Gasteiger charge is -2.22. The van der Waals surface area contributed by atoms with Crippen LogP contribution in [-0.4, -0.2) is 11.3 Å². The molecule has 3 rings (SSSR count). The van der Waals surface area contributed by atoms with Gasteiger partial charge >= 0.3 is 0 Å². The summed E-state index contributed by atoms with van der Waals surface area (Å²) < 4.78 is 13.2. The highest BCUT2D eigenvalue weighted by Crippen LogP contribution is 2.38. The minimum Gasteiger partial charge on any atom is -0.271 e. The summed E-state index contributed by atoms with van der Waals surface area (Å²) in [4.78, 5) is 1.35. The van der Waals surface area contributed by atoms with Crippen LogP contribution >= 0.6 is 11.8 Å². The van der Waals surface area contributed by atoms with Crippen LogP contribution < -0.4 is 11.3 Å². The number of thioether (sulfide) groups is 1. The minimum absolute atomic E-state index is 0.173. The molecular weight excluding hydrogens is 283 g/mol. The molecule has 1 aliphatic heterocycles. The van der Waals surface area contributed by atoms with Gasteiger partial charge in [0, 0.05) is 16.2 Å². The van der Waals surface area contributed by atoms with Gasteiger partial charge < -0.3 is 0 Å². The van der Waals surface area contributed by atoms with Gasteiger partial charge in [0.15, 0.2) is 0 Å². The van der Waals surface area contributed by atoms with E-state index in [-0.39, 0.29) is 11.9 Å². The van der Waals surface area contributed by atoms with Crippen molar-refractivity contribution in [1.29, 1.82) is 0 Å². The number of halogens is 1. The molecule has 2 nitrogen and oxygen atoms in total. The smallest absolute Gasteiger partial charge is 0.123 e. The summed E-state index contributed by atoms with van der Waals surface area (Å²) in [5, 5.41) is 0.414. The van der Waals surface area contributed by atoms with Crippen molar-refractivity contribution in [1.82, 2.24) is 5.43 Å². The fourth-order valence-corrected chi connectivity index (χ4v) is 4.24. The number of benzene rings is 2. The summed E-state index contributed by atoms with van der Waals surface area (Å²) in [5.74, 6) is 5.59. The molecule has 4 heteroatoms. The Balaban J connectivity index is 1.75. The van der Waals surface area contributed by atoms with Gasteiger partial charge in [-0.05, 0) is 54.7 Å². The van der Waals surface area contributed by atoms with Crippen molar-refractivity contribution in [3.8, 4) is 0 Å².